The van der Waals surface area contributed by atoms with Crippen LogP contribution in [-0.2, 0) is 0 Å². The van der Waals surface area contributed by atoms with E-state index in [1.54, 1.807) is 0 Å². The van der Waals surface area contributed by atoms with Gasteiger partial charge in [0.1, 0.15) is 0 Å². The average molecular weight is 467 g/mol. The van der Waals surface area contributed by atoms with E-state index in [2.05, 4.69) is 60.2 Å². The quantitative estimate of drug-likeness (QED) is 0.237. The van der Waals surface area contributed by atoms with E-state index in [1.165, 1.54) is 45.4 Å². The van der Waals surface area contributed by atoms with Gasteiger partial charge in [0.05, 0.1) is 0 Å². The number of likely N-dealkylation sites (N-methyl/N-ethyl adjacent to an activating group) is 1. The number of piperazine rings is 1. The number of nitrogens with zero attached hydrogens (tertiary/aromatic N) is 3. The standard InChI is InChI=1S/C19H41N5.HI/c1-16(2)9-7-8-10-21-19(20-5)22-15-18(17(3)4)24-13-11-23(6)12-14-24;/h16-18H,7-15H2,1-6H3,(H2,20,21,22);1H. The summed E-state index contributed by atoms with van der Waals surface area (Å²) in [5.41, 5.74) is 0. The number of hydrogen-bond acceptors (Lipinski definition) is 3. The van der Waals surface area contributed by atoms with Crippen LogP contribution in [0.1, 0.15) is 47.0 Å². The third kappa shape index (κ3) is 10.6. The van der Waals surface area contributed by atoms with Crippen LogP contribution in [0.4, 0.5) is 0 Å². The van der Waals surface area contributed by atoms with Crippen LogP contribution in [0.5, 0.6) is 0 Å². The van der Waals surface area contributed by atoms with Gasteiger partial charge in [0.15, 0.2) is 5.96 Å². The van der Waals surface area contributed by atoms with Crippen LogP contribution in [0, 0.1) is 11.8 Å². The molecule has 1 unspecified atom stereocenters. The minimum absolute atomic E-state index is 0. The molecule has 0 aliphatic carbocycles. The Labute approximate surface area is 173 Å². The van der Waals surface area contributed by atoms with Crippen molar-refractivity contribution in [1.82, 2.24) is 20.4 Å². The summed E-state index contributed by atoms with van der Waals surface area (Å²) in [6.07, 6.45) is 3.81. The van der Waals surface area contributed by atoms with Crippen molar-refractivity contribution in [2.24, 2.45) is 16.8 Å². The summed E-state index contributed by atoms with van der Waals surface area (Å²) in [6.45, 7) is 15.9. The highest BCUT2D eigenvalue weighted by atomic mass is 127. The zero-order valence-electron chi connectivity index (χ0n) is 17.3. The van der Waals surface area contributed by atoms with Gasteiger partial charge in [0.2, 0.25) is 0 Å². The number of rotatable bonds is 9. The maximum Gasteiger partial charge on any atom is 0.191 e. The highest BCUT2D eigenvalue weighted by Gasteiger charge is 2.24. The summed E-state index contributed by atoms with van der Waals surface area (Å²) in [5.74, 6) is 2.39. The third-order valence-corrected chi connectivity index (χ3v) is 4.98. The molecule has 1 heterocycles. The first-order chi connectivity index (χ1) is 11.4. The van der Waals surface area contributed by atoms with Crippen molar-refractivity contribution in [1.29, 1.82) is 0 Å². The van der Waals surface area contributed by atoms with Crippen LogP contribution < -0.4 is 10.6 Å². The zero-order valence-corrected chi connectivity index (χ0v) is 19.7. The predicted octanol–water partition coefficient (Wildman–Crippen LogP) is 2.87. The molecule has 150 valence electrons. The molecule has 5 nitrogen and oxygen atoms in total. The molecule has 6 heteroatoms. The molecule has 0 bridgehead atoms. The Kier molecular flexibility index (Phi) is 14.0. The summed E-state index contributed by atoms with van der Waals surface area (Å²) in [5, 5.41) is 7.00. The Morgan fingerprint density at radius 3 is 2.16 bits per heavy atom. The largest absolute Gasteiger partial charge is 0.356 e. The molecular weight excluding hydrogens is 425 g/mol. The van der Waals surface area contributed by atoms with Gasteiger partial charge in [-0.1, -0.05) is 40.5 Å². The van der Waals surface area contributed by atoms with Crippen LogP contribution in [0.15, 0.2) is 4.99 Å². The summed E-state index contributed by atoms with van der Waals surface area (Å²) in [6, 6.07) is 0.568. The molecule has 0 aromatic heterocycles. The highest BCUT2D eigenvalue weighted by molar-refractivity contribution is 14.0. The Morgan fingerprint density at radius 2 is 1.64 bits per heavy atom. The minimum Gasteiger partial charge on any atom is -0.356 e. The second-order valence-corrected chi connectivity index (χ2v) is 7.92. The lowest BCUT2D eigenvalue weighted by molar-refractivity contribution is 0.0900. The van der Waals surface area contributed by atoms with Gasteiger partial charge in [0, 0.05) is 52.4 Å². The number of hydrogen-bond donors (Lipinski definition) is 2. The van der Waals surface area contributed by atoms with Crippen LogP contribution in [0.2, 0.25) is 0 Å². The summed E-state index contributed by atoms with van der Waals surface area (Å²) < 4.78 is 0. The third-order valence-electron chi connectivity index (χ3n) is 4.98. The fourth-order valence-electron chi connectivity index (χ4n) is 3.25. The molecule has 1 aliphatic heterocycles. The molecule has 0 radical (unpaired) electrons. The Bertz CT molecular complexity index is 352. The second-order valence-electron chi connectivity index (χ2n) is 7.92. The van der Waals surface area contributed by atoms with E-state index in [9.17, 15) is 0 Å². The van der Waals surface area contributed by atoms with E-state index in [0.717, 1.165) is 25.0 Å². The van der Waals surface area contributed by atoms with E-state index in [-0.39, 0.29) is 24.0 Å². The number of aliphatic imine (C=N–C) groups is 1. The second kappa shape index (κ2) is 14.0. The maximum absolute atomic E-state index is 4.38. The molecule has 1 atom stereocenters. The van der Waals surface area contributed by atoms with E-state index >= 15 is 0 Å². The Hall–Kier alpha value is -0.0800. The molecule has 1 fully saturated rings. The molecule has 25 heavy (non-hydrogen) atoms. The van der Waals surface area contributed by atoms with Crippen molar-refractivity contribution >= 4 is 29.9 Å². The molecule has 1 rings (SSSR count). The minimum atomic E-state index is 0. The van der Waals surface area contributed by atoms with E-state index < -0.39 is 0 Å². The lowest BCUT2D eigenvalue weighted by atomic mass is 10.0. The summed E-state index contributed by atoms with van der Waals surface area (Å²) in [4.78, 5) is 9.43. The van der Waals surface area contributed by atoms with Gasteiger partial charge in [-0.05, 0) is 25.3 Å². The summed E-state index contributed by atoms with van der Waals surface area (Å²) in [7, 11) is 4.08. The molecular formula is C19H42IN5. The van der Waals surface area contributed by atoms with E-state index in [0.29, 0.717) is 12.0 Å². The molecule has 0 spiro atoms. The first-order valence-corrected chi connectivity index (χ1v) is 9.81. The topological polar surface area (TPSA) is 42.9 Å². The number of guanidine groups is 1. The van der Waals surface area contributed by atoms with Gasteiger partial charge in [0.25, 0.3) is 0 Å². The number of unbranched alkanes of at least 4 members (excludes halogenated alkanes) is 1. The monoisotopic (exact) mass is 467 g/mol. The van der Waals surface area contributed by atoms with Crippen molar-refractivity contribution < 1.29 is 0 Å². The van der Waals surface area contributed by atoms with Gasteiger partial charge < -0.3 is 15.5 Å². The predicted molar refractivity (Wildman–Crippen MR) is 121 cm³/mol. The van der Waals surface area contributed by atoms with Crippen molar-refractivity contribution in [3.8, 4) is 0 Å². The smallest absolute Gasteiger partial charge is 0.191 e. The fourth-order valence-corrected chi connectivity index (χ4v) is 3.25. The molecule has 1 saturated heterocycles. The van der Waals surface area contributed by atoms with Crippen molar-refractivity contribution in [3.63, 3.8) is 0 Å². The van der Waals surface area contributed by atoms with Crippen LogP contribution in [0.3, 0.4) is 0 Å². The first-order valence-electron chi connectivity index (χ1n) is 9.81. The number of halogens is 1. The molecule has 1 aliphatic rings. The van der Waals surface area contributed by atoms with Crippen molar-refractivity contribution in [3.05, 3.63) is 0 Å². The van der Waals surface area contributed by atoms with Gasteiger partial charge in [-0.2, -0.15) is 0 Å². The highest BCUT2D eigenvalue weighted by Crippen LogP contribution is 2.12. The number of nitrogens with one attached hydrogen (secondary N) is 2. The first kappa shape index (κ1) is 24.9. The van der Waals surface area contributed by atoms with Gasteiger partial charge in [-0.15, -0.1) is 24.0 Å². The maximum atomic E-state index is 4.38. The molecule has 0 amide bonds. The molecule has 0 aromatic rings. The van der Waals surface area contributed by atoms with E-state index in [4.69, 9.17) is 0 Å². The molecule has 0 aromatic carbocycles. The molecule has 0 saturated carbocycles. The van der Waals surface area contributed by atoms with Gasteiger partial charge in [-0.3, -0.25) is 9.89 Å². The SMILES string of the molecule is CN=C(NCCCCC(C)C)NCC(C(C)C)N1CCN(C)CC1.I. The Morgan fingerprint density at radius 1 is 1.00 bits per heavy atom. The van der Waals surface area contributed by atoms with Crippen molar-refractivity contribution in [2.75, 3.05) is 53.4 Å². The van der Waals surface area contributed by atoms with Crippen LogP contribution in [-0.4, -0.2) is 75.2 Å². The fraction of sp³-hybridized carbons (Fsp3) is 0.947. The lowest BCUT2D eigenvalue weighted by Gasteiger charge is -2.40. The van der Waals surface area contributed by atoms with Gasteiger partial charge >= 0.3 is 0 Å². The normalized spacial score (nSPS) is 18.3. The van der Waals surface area contributed by atoms with Crippen LogP contribution >= 0.6 is 24.0 Å². The van der Waals surface area contributed by atoms with Crippen molar-refractivity contribution in [2.45, 2.75) is 53.0 Å². The Balaban J connectivity index is 0.00000576. The molecule has 2 N–H and O–H groups in total. The lowest BCUT2D eigenvalue weighted by Crippen LogP contribution is -2.55. The van der Waals surface area contributed by atoms with Crippen LogP contribution in [0.25, 0.3) is 0 Å². The van der Waals surface area contributed by atoms with E-state index in [1.807, 2.05) is 7.05 Å². The average Bonchev–Trinajstić information content (AvgIpc) is 2.53. The summed E-state index contributed by atoms with van der Waals surface area (Å²) >= 11 is 0. The van der Waals surface area contributed by atoms with Gasteiger partial charge in [-0.25, -0.2) is 0 Å². The zero-order chi connectivity index (χ0) is 17.9.